The van der Waals surface area contributed by atoms with E-state index in [9.17, 15) is 0 Å². The van der Waals surface area contributed by atoms with Crippen molar-refractivity contribution in [1.29, 1.82) is 0 Å². The predicted molar refractivity (Wildman–Crippen MR) is 208 cm³/mol. The fourth-order valence-corrected chi connectivity index (χ4v) is 8.55. The van der Waals surface area contributed by atoms with Crippen molar-refractivity contribution in [2.45, 2.75) is 77.3 Å². The van der Waals surface area contributed by atoms with Crippen LogP contribution in [0.5, 0.6) is 23.0 Å². The molecule has 0 N–H and O–H groups in total. The van der Waals surface area contributed by atoms with Crippen molar-refractivity contribution < 1.29 is 28.1 Å². The second-order valence-electron chi connectivity index (χ2n) is 14.3. The molecule has 6 aromatic rings. The predicted octanol–water partition coefficient (Wildman–Crippen LogP) is 8.87. The highest BCUT2D eigenvalue weighted by Gasteiger charge is 2.37. The van der Waals surface area contributed by atoms with Crippen LogP contribution >= 0.6 is 0 Å². The van der Waals surface area contributed by atoms with E-state index in [4.69, 9.17) is 18.9 Å². The SMILES string of the molecule is CCCCC1Cc2cc(OC)ccc2-c2n(C)c3cc(OC)ccc3[n+]21.CCCCC1Cc2cc(OC)ccc2-c2n1c1cc(OC)ccc1[n+]2C. The van der Waals surface area contributed by atoms with E-state index in [0.717, 1.165) is 35.8 Å². The van der Waals surface area contributed by atoms with Gasteiger partial charge in [-0.25, -0.2) is 18.3 Å². The number of imidazole rings is 2. The van der Waals surface area contributed by atoms with Gasteiger partial charge in [0.05, 0.1) is 53.7 Å². The summed E-state index contributed by atoms with van der Waals surface area (Å²) in [6.45, 7) is 4.52. The van der Waals surface area contributed by atoms with Crippen LogP contribution in [-0.4, -0.2) is 37.6 Å². The standard InChI is InChI=1S/2C22H27N2O2/c1-5-6-7-16-12-15-13-17(25-3)8-10-19(15)22-23(2)21-14-18(26-4)9-11-20(21)24(16)22;1-5-6-7-16-12-15-13-17(25-3)8-10-19(15)22-23(2)20-11-9-18(26-4)14-21(20)24(16)22/h2*8-11,13-14,16H,5-7,12H2,1-4H3/q2*+1. The highest BCUT2D eigenvalue weighted by atomic mass is 16.5. The highest BCUT2D eigenvalue weighted by molar-refractivity contribution is 5.80. The summed E-state index contributed by atoms with van der Waals surface area (Å²) in [4.78, 5) is 0. The lowest BCUT2D eigenvalue weighted by molar-refractivity contribution is -0.691. The number of rotatable bonds is 10. The van der Waals surface area contributed by atoms with Gasteiger partial charge >= 0.3 is 0 Å². The maximum absolute atomic E-state index is 5.50. The number of ether oxygens (including phenoxy) is 4. The first-order valence-corrected chi connectivity index (χ1v) is 18.9. The molecule has 4 aromatic carbocycles. The van der Waals surface area contributed by atoms with Gasteiger partial charge in [-0.15, -0.1) is 0 Å². The number of hydrogen-bond donors (Lipinski definition) is 0. The maximum atomic E-state index is 5.50. The minimum atomic E-state index is 0.459. The molecule has 2 atom stereocenters. The van der Waals surface area contributed by atoms with Crippen LogP contribution in [0.3, 0.4) is 0 Å². The van der Waals surface area contributed by atoms with Gasteiger partial charge in [0.1, 0.15) is 35.1 Å². The molecule has 0 saturated heterocycles. The largest absolute Gasteiger partial charge is 0.497 e. The van der Waals surface area contributed by atoms with Gasteiger partial charge < -0.3 is 18.9 Å². The summed E-state index contributed by atoms with van der Waals surface area (Å²) in [5, 5.41) is 0. The molecule has 2 aliphatic rings. The molecule has 0 fully saturated rings. The summed E-state index contributed by atoms with van der Waals surface area (Å²) in [6, 6.07) is 26.7. The fourth-order valence-electron chi connectivity index (χ4n) is 8.55. The fraction of sp³-hybridized carbons (Fsp3) is 0.409. The van der Waals surface area contributed by atoms with Crippen LogP contribution < -0.4 is 28.1 Å². The molecular formula is C44H54N4O4+2. The molecule has 0 aliphatic carbocycles. The van der Waals surface area contributed by atoms with E-state index < -0.39 is 0 Å². The maximum Gasteiger partial charge on any atom is 0.290 e. The zero-order valence-corrected chi connectivity index (χ0v) is 32.2. The van der Waals surface area contributed by atoms with Gasteiger partial charge in [-0.05, 0) is 97.5 Å². The molecule has 52 heavy (non-hydrogen) atoms. The van der Waals surface area contributed by atoms with Crippen molar-refractivity contribution in [1.82, 2.24) is 9.13 Å². The molecule has 2 aliphatic heterocycles. The summed E-state index contributed by atoms with van der Waals surface area (Å²) in [6.07, 6.45) is 9.37. The van der Waals surface area contributed by atoms with Gasteiger partial charge in [0.2, 0.25) is 0 Å². The average Bonchev–Trinajstić information content (AvgIpc) is 3.65. The zero-order chi connectivity index (χ0) is 36.5. The zero-order valence-electron chi connectivity index (χ0n) is 32.2. The molecule has 0 spiro atoms. The van der Waals surface area contributed by atoms with Gasteiger partial charge in [0.15, 0.2) is 22.1 Å². The minimum Gasteiger partial charge on any atom is -0.497 e. The number of aromatic nitrogens is 4. The van der Waals surface area contributed by atoms with E-state index in [1.54, 1.807) is 28.4 Å². The van der Waals surface area contributed by atoms with Crippen molar-refractivity contribution in [3.63, 3.8) is 0 Å². The summed E-state index contributed by atoms with van der Waals surface area (Å²) in [7, 11) is 11.3. The Balaban J connectivity index is 0.000000162. The Kier molecular flexibility index (Phi) is 10.2. The van der Waals surface area contributed by atoms with Crippen molar-refractivity contribution >= 4 is 22.1 Å². The third kappa shape index (κ3) is 6.16. The van der Waals surface area contributed by atoms with Gasteiger partial charge in [-0.2, -0.15) is 0 Å². The summed E-state index contributed by atoms with van der Waals surface area (Å²) >= 11 is 0. The van der Waals surface area contributed by atoms with E-state index in [0.29, 0.717) is 12.1 Å². The van der Waals surface area contributed by atoms with E-state index in [2.05, 4.69) is 113 Å². The van der Waals surface area contributed by atoms with Crippen LogP contribution in [0.4, 0.5) is 0 Å². The molecule has 8 nitrogen and oxygen atoms in total. The Bertz CT molecular complexity index is 2190. The van der Waals surface area contributed by atoms with Crippen LogP contribution in [0.25, 0.3) is 44.8 Å². The molecule has 2 unspecified atom stereocenters. The van der Waals surface area contributed by atoms with Gasteiger partial charge in [-0.1, -0.05) is 26.7 Å². The van der Waals surface area contributed by atoms with Crippen molar-refractivity contribution in [2.24, 2.45) is 14.1 Å². The monoisotopic (exact) mass is 702 g/mol. The Hall–Kier alpha value is -4.98. The molecule has 4 heterocycles. The minimum absolute atomic E-state index is 0.459. The van der Waals surface area contributed by atoms with Crippen LogP contribution in [0.2, 0.25) is 0 Å². The number of hydrogen-bond acceptors (Lipinski definition) is 4. The molecule has 0 bridgehead atoms. The first-order valence-electron chi connectivity index (χ1n) is 18.9. The lowest BCUT2D eigenvalue weighted by Crippen LogP contribution is -2.45. The summed E-state index contributed by atoms with van der Waals surface area (Å²) in [5.74, 6) is 6.24. The van der Waals surface area contributed by atoms with Crippen LogP contribution in [0.15, 0.2) is 72.8 Å². The number of nitrogens with zero attached hydrogens (tertiary/aromatic N) is 4. The van der Waals surface area contributed by atoms with Crippen LogP contribution in [-0.2, 0) is 26.9 Å². The number of unbranched alkanes of at least 4 members (excludes halogenated alkanes) is 2. The molecule has 0 radical (unpaired) electrons. The first kappa shape index (κ1) is 35.4. The van der Waals surface area contributed by atoms with E-state index in [1.165, 1.54) is 94.5 Å². The summed E-state index contributed by atoms with van der Waals surface area (Å²) in [5.41, 5.74) is 10.4. The third-order valence-electron chi connectivity index (χ3n) is 11.2. The summed E-state index contributed by atoms with van der Waals surface area (Å²) < 4.78 is 31.6. The molecule has 8 heteroatoms. The Labute approximate surface area is 308 Å². The van der Waals surface area contributed by atoms with E-state index >= 15 is 0 Å². The molecule has 2 aromatic heterocycles. The molecule has 8 rings (SSSR count). The second-order valence-corrected chi connectivity index (χ2v) is 14.3. The molecular weight excluding hydrogens is 649 g/mol. The van der Waals surface area contributed by atoms with Crippen LogP contribution in [0.1, 0.15) is 75.6 Å². The van der Waals surface area contributed by atoms with Crippen molar-refractivity contribution in [3.8, 4) is 45.8 Å². The highest BCUT2D eigenvalue weighted by Crippen LogP contribution is 2.41. The number of fused-ring (bicyclic) bond motifs is 10. The van der Waals surface area contributed by atoms with E-state index in [1.807, 2.05) is 6.07 Å². The topological polar surface area (TPSA) is 54.5 Å². The lowest BCUT2D eigenvalue weighted by Gasteiger charge is -2.23. The third-order valence-corrected chi connectivity index (χ3v) is 11.2. The first-order chi connectivity index (χ1) is 25.3. The van der Waals surface area contributed by atoms with Crippen molar-refractivity contribution in [2.75, 3.05) is 28.4 Å². The number of benzene rings is 4. The van der Waals surface area contributed by atoms with Crippen molar-refractivity contribution in [3.05, 3.63) is 83.9 Å². The molecule has 272 valence electrons. The Morgan fingerprint density at radius 2 is 1.13 bits per heavy atom. The van der Waals surface area contributed by atoms with Gasteiger partial charge in [0.25, 0.3) is 11.6 Å². The number of aryl methyl sites for hydroxylation is 2. The smallest absolute Gasteiger partial charge is 0.290 e. The van der Waals surface area contributed by atoms with Gasteiger partial charge in [0, 0.05) is 25.0 Å². The molecule has 0 amide bonds. The molecule has 0 saturated carbocycles. The number of methoxy groups -OCH3 is 4. The quantitative estimate of drug-likeness (QED) is 0.134. The Morgan fingerprint density at radius 3 is 1.75 bits per heavy atom. The Morgan fingerprint density at radius 1 is 0.615 bits per heavy atom. The second kappa shape index (κ2) is 14.9. The lowest BCUT2D eigenvalue weighted by atomic mass is 9.92. The normalized spacial score (nSPS) is 15.6. The van der Waals surface area contributed by atoms with Crippen LogP contribution in [0, 0.1) is 0 Å². The van der Waals surface area contributed by atoms with Gasteiger partial charge in [-0.3, -0.25) is 0 Å². The average molecular weight is 703 g/mol. The van der Waals surface area contributed by atoms with E-state index in [-0.39, 0.29) is 0 Å².